The van der Waals surface area contributed by atoms with Crippen LogP contribution in [0.5, 0.6) is 0 Å². The van der Waals surface area contributed by atoms with Crippen molar-refractivity contribution in [1.82, 2.24) is 5.32 Å². The van der Waals surface area contributed by atoms with Crippen molar-refractivity contribution in [3.63, 3.8) is 0 Å². The maximum absolute atomic E-state index is 13.8. The molecule has 5 nitrogen and oxygen atoms in total. The van der Waals surface area contributed by atoms with Crippen molar-refractivity contribution >= 4 is 17.6 Å². The SMILES string of the molecule is CN=C(NC(=O)c1ccccc1)OCCc1cc(NC)ccc1F. The van der Waals surface area contributed by atoms with Crippen LogP contribution in [0.1, 0.15) is 15.9 Å². The van der Waals surface area contributed by atoms with Crippen LogP contribution in [0, 0.1) is 5.82 Å². The van der Waals surface area contributed by atoms with Crippen molar-refractivity contribution < 1.29 is 13.9 Å². The molecular formula is C18H20FN3O2. The van der Waals surface area contributed by atoms with Crippen LogP contribution in [0.2, 0.25) is 0 Å². The van der Waals surface area contributed by atoms with Crippen LogP contribution < -0.4 is 10.6 Å². The third-order valence-electron chi connectivity index (χ3n) is 3.40. The second kappa shape index (κ2) is 8.67. The number of nitrogens with zero attached hydrogens (tertiary/aromatic N) is 1. The van der Waals surface area contributed by atoms with Gasteiger partial charge in [-0.2, -0.15) is 0 Å². The Morgan fingerprint density at radius 1 is 1.21 bits per heavy atom. The molecule has 0 aliphatic rings. The molecule has 126 valence electrons. The van der Waals surface area contributed by atoms with Gasteiger partial charge in [-0.3, -0.25) is 10.1 Å². The molecule has 2 aromatic rings. The predicted octanol–water partition coefficient (Wildman–Crippen LogP) is 2.84. The molecule has 0 atom stereocenters. The molecule has 2 rings (SSSR count). The molecule has 2 N–H and O–H groups in total. The van der Waals surface area contributed by atoms with Crippen LogP contribution in [0.15, 0.2) is 53.5 Å². The summed E-state index contributed by atoms with van der Waals surface area (Å²) < 4.78 is 19.2. The summed E-state index contributed by atoms with van der Waals surface area (Å²) in [6.45, 7) is 0.200. The lowest BCUT2D eigenvalue weighted by Gasteiger charge is -2.11. The third-order valence-corrected chi connectivity index (χ3v) is 3.40. The van der Waals surface area contributed by atoms with Gasteiger partial charge in [0.05, 0.1) is 6.61 Å². The van der Waals surface area contributed by atoms with Gasteiger partial charge in [-0.25, -0.2) is 9.38 Å². The van der Waals surface area contributed by atoms with E-state index in [1.807, 2.05) is 6.07 Å². The van der Waals surface area contributed by atoms with E-state index in [9.17, 15) is 9.18 Å². The third kappa shape index (κ3) is 4.81. The largest absolute Gasteiger partial charge is 0.465 e. The van der Waals surface area contributed by atoms with E-state index in [4.69, 9.17) is 4.74 Å². The zero-order valence-corrected chi connectivity index (χ0v) is 13.7. The van der Waals surface area contributed by atoms with Gasteiger partial charge in [0.15, 0.2) is 0 Å². The fraction of sp³-hybridized carbons (Fsp3) is 0.222. The smallest absolute Gasteiger partial charge is 0.291 e. The highest BCUT2D eigenvalue weighted by Crippen LogP contribution is 2.14. The number of hydrogen-bond acceptors (Lipinski definition) is 4. The molecule has 0 spiro atoms. The predicted molar refractivity (Wildman–Crippen MR) is 92.9 cm³/mol. The summed E-state index contributed by atoms with van der Waals surface area (Å²) in [4.78, 5) is 15.9. The molecule has 24 heavy (non-hydrogen) atoms. The maximum Gasteiger partial charge on any atom is 0.291 e. The summed E-state index contributed by atoms with van der Waals surface area (Å²) in [5.74, 6) is -0.597. The van der Waals surface area contributed by atoms with Gasteiger partial charge in [-0.1, -0.05) is 18.2 Å². The van der Waals surface area contributed by atoms with Crippen molar-refractivity contribution in [2.45, 2.75) is 6.42 Å². The molecule has 0 heterocycles. The first-order chi connectivity index (χ1) is 11.6. The second-order valence-corrected chi connectivity index (χ2v) is 5.00. The average molecular weight is 329 g/mol. The number of aliphatic imine (C=N–C) groups is 1. The standard InChI is InChI=1S/C18H20FN3O2/c1-20-15-8-9-16(19)14(12-15)10-11-24-18(21-2)22-17(23)13-6-4-3-5-7-13/h3-9,12,20H,10-11H2,1-2H3,(H,21,22,23). The number of amides is 1. The lowest BCUT2D eigenvalue weighted by Crippen LogP contribution is -2.33. The zero-order chi connectivity index (χ0) is 17.4. The first kappa shape index (κ1) is 17.5. The zero-order valence-electron chi connectivity index (χ0n) is 13.7. The van der Waals surface area contributed by atoms with Crippen LogP contribution in [0.25, 0.3) is 0 Å². The van der Waals surface area contributed by atoms with E-state index in [1.54, 1.807) is 43.4 Å². The van der Waals surface area contributed by atoms with E-state index < -0.39 is 0 Å². The molecule has 1 amide bonds. The second-order valence-electron chi connectivity index (χ2n) is 5.00. The quantitative estimate of drug-likeness (QED) is 0.655. The minimum absolute atomic E-state index is 0.106. The normalized spacial score (nSPS) is 11.0. The lowest BCUT2D eigenvalue weighted by atomic mass is 10.1. The first-order valence-electron chi connectivity index (χ1n) is 7.56. The number of amidine groups is 1. The van der Waals surface area contributed by atoms with Crippen molar-refractivity contribution in [2.75, 3.05) is 26.0 Å². The Kier molecular flexibility index (Phi) is 6.31. The molecule has 2 aromatic carbocycles. The van der Waals surface area contributed by atoms with E-state index in [0.717, 1.165) is 5.69 Å². The molecule has 0 saturated carbocycles. The van der Waals surface area contributed by atoms with Gasteiger partial charge in [-0.05, 0) is 35.9 Å². The Hall–Kier alpha value is -2.89. The minimum Gasteiger partial charge on any atom is -0.465 e. The summed E-state index contributed by atoms with van der Waals surface area (Å²) in [6, 6.07) is 13.7. The summed E-state index contributed by atoms with van der Waals surface area (Å²) in [7, 11) is 3.29. The van der Waals surface area contributed by atoms with E-state index in [0.29, 0.717) is 17.5 Å². The van der Waals surface area contributed by atoms with Crippen LogP contribution in [0.4, 0.5) is 10.1 Å². The molecule has 0 bridgehead atoms. The molecule has 0 aliphatic carbocycles. The first-order valence-corrected chi connectivity index (χ1v) is 7.56. The topological polar surface area (TPSA) is 62.7 Å². The number of nitrogens with one attached hydrogen (secondary N) is 2. The number of carbonyl (C=O) groups excluding carboxylic acids is 1. The van der Waals surface area contributed by atoms with Crippen molar-refractivity contribution in [3.8, 4) is 0 Å². The number of ether oxygens (including phenoxy) is 1. The van der Waals surface area contributed by atoms with Crippen LogP contribution in [-0.4, -0.2) is 32.6 Å². The molecule has 0 fully saturated rings. The molecule has 0 unspecified atom stereocenters. The molecule has 0 aromatic heterocycles. The summed E-state index contributed by atoms with van der Waals surface area (Å²) in [5.41, 5.74) is 1.87. The Labute approximate surface area is 140 Å². The highest BCUT2D eigenvalue weighted by atomic mass is 19.1. The highest BCUT2D eigenvalue weighted by Gasteiger charge is 2.10. The number of carbonyl (C=O) groups is 1. The summed E-state index contributed by atoms with van der Waals surface area (Å²) in [5, 5.41) is 5.55. The monoisotopic (exact) mass is 329 g/mol. The summed E-state index contributed by atoms with van der Waals surface area (Å²) in [6.07, 6.45) is 0.363. The Morgan fingerprint density at radius 2 is 1.96 bits per heavy atom. The van der Waals surface area contributed by atoms with Gasteiger partial charge in [0.2, 0.25) is 0 Å². The molecule has 6 heteroatoms. The van der Waals surface area contributed by atoms with Crippen LogP contribution in [-0.2, 0) is 11.2 Å². The van der Waals surface area contributed by atoms with Gasteiger partial charge < -0.3 is 10.1 Å². The maximum atomic E-state index is 13.8. The number of benzene rings is 2. The van der Waals surface area contributed by atoms with E-state index in [1.165, 1.54) is 13.1 Å². The average Bonchev–Trinajstić information content (AvgIpc) is 2.63. The van der Waals surface area contributed by atoms with Gasteiger partial charge in [0.1, 0.15) is 5.82 Å². The van der Waals surface area contributed by atoms with Crippen molar-refractivity contribution in [1.29, 1.82) is 0 Å². The fourth-order valence-corrected chi connectivity index (χ4v) is 2.09. The highest BCUT2D eigenvalue weighted by molar-refractivity contribution is 6.04. The lowest BCUT2D eigenvalue weighted by molar-refractivity contribution is 0.0965. The number of rotatable bonds is 5. The summed E-state index contributed by atoms with van der Waals surface area (Å²) >= 11 is 0. The fourth-order valence-electron chi connectivity index (χ4n) is 2.09. The van der Waals surface area contributed by atoms with Gasteiger partial charge in [0, 0.05) is 31.8 Å². The Bertz CT molecular complexity index is 717. The van der Waals surface area contributed by atoms with Gasteiger partial charge in [-0.15, -0.1) is 0 Å². The van der Waals surface area contributed by atoms with Crippen LogP contribution >= 0.6 is 0 Å². The molecular weight excluding hydrogens is 309 g/mol. The van der Waals surface area contributed by atoms with Crippen molar-refractivity contribution in [2.24, 2.45) is 4.99 Å². The van der Waals surface area contributed by atoms with E-state index in [-0.39, 0.29) is 24.4 Å². The van der Waals surface area contributed by atoms with Gasteiger partial charge >= 0.3 is 0 Å². The Morgan fingerprint density at radius 3 is 2.62 bits per heavy atom. The number of halogens is 1. The molecule has 0 radical (unpaired) electrons. The number of hydrogen-bond donors (Lipinski definition) is 2. The minimum atomic E-state index is -0.306. The Balaban J connectivity index is 1.89. The van der Waals surface area contributed by atoms with Crippen molar-refractivity contribution in [3.05, 3.63) is 65.5 Å². The van der Waals surface area contributed by atoms with E-state index >= 15 is 0 Å². The van der Waals surface area contributed by atoms with Crippen LogP contribution in [0.3, 0.4) is 0 Å². The van der Waals surface area contributed by atoms with Gasteiger partial charge in [0.25, 0.3) is 11.9 Å². The molecule has 0 aliphatic heterocycles. The van der Waals surface area contributed by atoms with E-state index in [2.05, 4.69) is 15.6 Å². The molecule has 0 saturated heterocycles. The number of anilines is 1.